The molecule has 0 aromatic carbocycles. The Kier molecular flexibility index (Phi) is 10.2. The average Bonchev–Trinajstić information content (AvgIpc) is 3.48. The lowest BCUT2D eigenvalue weighted by molar-refractivity contribution is -0.299. The van der Waals surface area contributed by atoms with Crippen molar-refractivity contribution in [3.8, 4) is 0 Å². The zero-order valence-electron chi connectivity index (χ0n) is 25.6. The van der Waals surface area contributed by atoms with Gasteiger partial charge in [0.05, 0.1) is 35.9 Å². The lowest BCUT2D eigenvalue weighted by Gasteiger charge is -2.46. The van der Waals surface area contributed by atoms with Crippen LogP contribution in [0.1, 0.15) is 74.7 Å². The number of esters is 1. The first-order valence-electron chi connectivity index (χ1n) is 14.7. The molecule has 0 saturated carbocycles. The fourth-order valence-electron chi connectivity index (χ4n) is 7.22. The van der Waals surface area contributed by atoms with Crippen molar-refractivity contribution in [2.75, 3.05) is 20.6 Å². The summed E-state index contributed by atoms with van der Waals surface area (Å²) >= 11 is 0. The van der Waals surface area contributed by atoms with E-state index in [1.165, 1.54) is 0 Å². The number of fused-ring (bicyclic) bond motifs is 1. The molecule has 3 unspecified atom stereocenters. The number of carbonyl (C=O) groups is 1. The van der Waals surface area contributed by atoms with Gasteiger partial charge in [-0.3, -0.25) is 9.69 Å². The summed E-state index contributed by atoms with van der Waals surface area (Å²) in [4.78, 5) is 17.4. The number of hydrogen-bond donors (Lipinski definition) is 4. The highest BCUT2D eigenvalue weighted by molar-refractivity contribution is 5.73. The molecule has 4 N–H and O–H groups in total. The first-order valence-corrected chi connectivity index (χ1v) is 14.7. The van der Waals surface area contributed by atoms with Gasteiger partial charge in [-0.2, -0.15) is 0 Å². The quantitative estimate of drug-likeness (QED) is 0.296. The van der Waals surface area contributed by atoms with E-state index in [0.29, 0.717) is 25.8 Å². The first-order chi connectivity index (χ1) is 17.9. The third kappa shape index (κ3) is 6.80. The van der Waals surface area contributed by atoms with Crippen LogP contribution in [0.5, 0.6) is 0 Å². The van der Waals surface area contributed by atoms with Crippen LogP contribution in [0, 0.1) is 17.8 Å². The lowest BCUT2D eigenvalue weighted by Crippen LogP contribution is -2.59. The maximum absolute atomic E-state index is 13.2. The van der Waals surface area contributed by atoms with E-state index in [0.717, 1.165) is 0 Å². The fourth-order valence-corrected chi connectivity index (χ4v) is 7.22. The summed E-state index contributed by atoms with van der Waals surface area (Å²) in [7, 11) is 3.79. The van der Waals surface area contributed by atoms with Gasteiger partial charge in [-0.15, -0.1) is 0 Å². The Hall–Kier alpha value is -0.850. The van der Waals surface area contributed by atoms with Gasteiger partial charge in [-0.05, 0) is 73.9 Å². The molecule has 10 heteroatoms. The zero-order valence-corrected chi connectivity index (χ0v) is 25.6. The molecule has 3 aliphatic heterocycles. The molecule has 3 rings (SSSR count). The molecule has 0 aromatic heterocycles. The van der Waals surface area contributed by atoms with Crippen LogP contribution in [-0.4, -0.2) is 123 Å². The maximum Gasteiger partial charge on any atom is 0.311 e. The molecule has 0 amide bonds. The number of rotatable bonds is 4. The second kappa shape index (κ2) is 12.2. The van der Waals surface area contributed by atoms with E-state index >= 15 is 0 Å². The van der Waals surface area contributed by atoms with Crippen LogP contribution in [0.25, 0.3) is 0 Å². The predicted octanol–water partition coefficient (Wildman–Crippen LogP) is 1.37. The van der Waals surface area contributed by atoms with E-state index in [4.69, 9.17) is 14.2 Å². The van der Waals surface area contributed by atoms with Crippen molar-refractivity contribution in [1.82, 2.24) is 9.80 Å². The second-order valence-corrected chi connectivity index (χ2v) is 13.4. The molecule has 3 saturated heterocycles. The Morgan fingerprint density at radius 3 is 2.26 bits per heavy atom. The molecule has 3 fully saturated rings. The molecule has 0 aliphatic carbocycles. The zero-order chi connectivity index (χ0) is 29.6. The highest BCUT2D eigenvalue weighted by Crippen LogP contribution is 2.43. The number of carbonyl (C=O) groups excluding carboxylic acids is 1. The van der Waals surface area contributed by atoms with Gasteiger partial charge < -0.3 is 39.5 Å². The van der Waals surface area contributed by atoms with Crippen LogP contribution in [0.2, 0.25) is 0 Å². The lowest BCUT2D eigenvalue weighted by atomic mass is 9.78. The monoisotopic (exact) mass is 558 g/mol. The molecule has 3 heterocycles. The van der Waals surface area contributed by atoms with Gasteiger partial charge in [-0.1, -0.05) is 20.8 Å². The van der Waals surface area contributed by atoms with Crippen LogP contribution < -0.4 is 0 Å². The van der Waals surface area contributed by atoms with E-state index < -0.39 is 59.7 Å². The molecular weight excluding hydrogens is 504 g/mol. The first kappa shape index (κ1) is 32.7. The fraction of sp³-hybridized carbons (Fsp3) is 0.966. The van der Waals surface area contributed by atoms with Crippen LogP contribution in [-0.2, 0) is 19.0 Å². The third-order valence-corrected chi connectivity index (χ3v) is 9.48. The van der Waals surface area contributed by atoms with Gasteiger partial charge in [-0.25, -0.2) is 0 Å². The summed E-state index contributed by atoms with van der Waals surface area (Å²) in [6.45, 7) is 15.2. The summed E-state index contributed by atoms with van der Waals surface area (Å²) in [5.41, 5.74) is -2.68. The topological polar surface area (TPSA) is 132 Å². The second-order valence-electron chi connectivity index (χ2n) is 13.4. The summed E-state index contributed by atoms with van der Waals surface area (Å²) in [5.74, 6) is -2.24. The third-order valence-electron chi connectivity index (χ3n) is 9.48. The number of ether oxygens (including phenoxy) is 3. The molecule has 0 spiro atoms. The summed E-state index contributed by atoms with van der Waals surface area (Å²) < 4.78 is 18.2. The van der Waals surface area contributed by atoms with E-state index in [9.17, 15) is 25.2 Å². The maximum atomic E-state index is 13.2. The van der Waals surface area contributed by atoms with E-state index in [2.05, 4.69) is 4.90 Å². The molecule has 10 nitrogen and oxygen atoms in total. The normalized spacial score (nSPS) is 52.1. The molecule has 15 atom stereocenters. The predicted molar refractivity (Wildman–Crippen MR) is 147 cm³/mol. The minimum Gasteiger partial charge on any atom is -0.459 e. The molecule has 39 heavy (non-hydrogen) atoms. The number of aliphatic hydroxyl groups excluding tert-OH is 2. The van der Waals surface area contributed by atoms with Crippen LogP contribution in [0.4, 0.5) is 0 Å². The molecule has 0 aromatic rings. The Bertz CT molecular complexity index is 838. The van der Waals surface area contributed by atoms with Gasteiger partial charge in [0.15, 0.2) is 6.29 Å². The Labute approximate surface area is 234 Å². The van der Waals surface area contributed by atoms with Crippen molar-refractivity contribution in [3.63, 3.8) is 0 Å². The van der Waals surface area contributed by atoms with Gasteiger partial charge >= 0.3 is 5.97 Å². The summed E-state index contributed by atoms with van der Waals surface area (Å²) in [6, 6.07) is -0.295. The smallest absolute Gasteiger partial charge is 0.311 e. The largest absolute Gasteiger partial charge is 0.459 e. The standard InChI is InChI=1S/C29H54N2O8/c1-11-21-29(8,36)24-19(6)31(24)14-15(2)13-28(7,35)25(17(4)22(32)18(5)26(34)38-21)39-27-23(33)20(30(9)10)12-16(3)37-27/h15-25,27,32-33,35-36H,11-14H2,1-10H3/t15-,16-,17+,18-,19?,20+,21+,22+,23-,24?,25-,27+,28+,29-,31?/m1/s1. The Morgan fingerprint density at radius 2 is 1.69 bits per heavy atom. The molecule has 3 aliphatic rings. The van der Waals surface area contributed by atoms with Crippen LogP contribution >= 0.6 is 0 Å². The highest BCUT2D eigenvalue weighted by atomic mass is 16.7. The summed E-state index contributed by atoms with van der Waals surface area (Å²) in [6.07, 6.45) is -3.63. The minimum atomic E-state index is -1.42. The van der Waals surface area contributed by atoms with Crippen molar-refractivity contribution in [2.45, 2.75) is 141 Å². The summed E-state index contributed by atoms with van der Waals surface area (Å²) in [5, 5.41) is 45.9. The Morgan fingerprint density at radius 1 is 1.08 bits per heavy atom. The van der Waals surface area contributed by atoms with Crippen molar-refractivity contribution >= 4 is 5.97 Å². The van der Waals surface area contributed by atoms with E-state index in [1.807, 2.05) is 46.7 Å². The molecule has 228 valence electrons. The van der Waals surface area contributed by atoms with E-state index in [-0.39, 0.29) is 30.1 Å². The number of aliphatic hydroxyl groups is 4. The van der Waals surface area contributed by atoms with Crippen LogP contribution in [0.15, 0.2) is 0 Å². The number of nitrogens with zero attached hydrogens (tertiary/aromatic N) is 2. The van der Waals surface area contributed by atoms with Crippen molar-refractivity contribution in [2.24, 2.45) is 17.8 Å². The van der Waals surface area contributed by atoms with Gasteiger partial charge in [0.2, 0.25) is 0 Å². The number of cyclic esters (lactones) is 1. The SMILES string of the molecule is CC[C@@H]1OC(=O)[C@H](C)[C@@H](O)[C@H](C)[C@@H](O[C@@H]2O[C@H](C)C[C@H](N(C)C)[C@H]2O)[C@@](C)(O)C[C@@H](C)CN2C(C)C2[C@]1(C)O. The van der Waals surface area contributed by atoms with Crippen molar-refractivity contribution in [3.05, 3.63) is 0 Å². The Balaban J connectivity index is 1.95. The van der Waals surface area contributed by atoms with Gasteiger partial charge in [0.25, 0.3) is 0 Å². The van der Waals surface area contributed by atoms with Gasteiger partial charge in [0.1, 0.15) is 17.8 Å². The van der Waals surface area contributed by atoms with E-state index in [1.54, 1.807) is 27.7 Å². The molecule has 0 radical (unpaired) electrons. The number of likely N-dealkylation sites (N-methyl/N-ethyl adjacent to an activating group) is 1. The number of hydrogen-bond acceptors (Lipinski definition) is 10. The van der Waals surface area contributed by atoms with Crippen LogP contribution in [0.3, 0.4) is 0 Å². The highest BCUT2D eigenvalue weighted by Gasteiger charge is 2.59. The molecular formula is C29H54N2O8. The van der Waals surface area contributed by atoms with Gasteiger partial charge in [0, 0.05) is 24.5 Å². The van der Waals surface area contributed by atoms with Crippen molar-refractivity contribution in [1.29, 1.82) is 0 Å². The van der Waals surface area contributed by atoms with Crippen molar-refractivity contribution < 1.29 is 39.4 Å². The minimum absolute atomic E-state index is 0.0207. The average molecular weight is 559 g/mol. The molecule has 0 bridgehead atoms.